The molecule has 0 unspecified atom stereocenters. The van der Waals surface area contributed by atoms with E-state index < -0.39 is 4.92 Å². The Balaban J connectivity index is 1.55. The molecule has 8 heteroatoms. The van der Waals surface area contributed by atoms with Crippen molar-refractivity contribution in [2.45, 2.75) is 32.7 Å². The Morgan fingerprint density at radius 2 is 1.81 bits per heavy atom. The molecular formula is C23H27N3O5. The van der Waals surface area contributed by atoms with Gasteiger partial charge in [0.1, 0.15) is 18.9 Å². The maximum absolute atomic E-state index is 13.2. The van der Waals surface area contributed by atoms with Gasteiger partial charge >= 0.3 is 0 Å². The third kappa shape index (κ3) is 4.57. The molecule has 1 saturated heterocycles. The summed E-state index contributed by atoms with van der Waals surface area (Å²) in [5, 5.41) is 11.7. The number of anilines is 1. The molecular weight excluding hydrogens is 398 g/mol. The smallest absolute Gasteiger partial charge is 0.293 e. The number of carbonyl (C=O) groups is 1. The van der Waals surface area contributed by atoms with Crippen molar-refractivity contribution in [3.8, 4) is 11.5 Å². The highest BCUT2D eigenvalue weighted by atomic mass is 16.6. The second-order valence-corrected chi connectivity index (χ2v) is 7.81. The van der Waals surface area contributed by atoms with Crippen LogP contribution < -0.4 is 14.4 Å². The molecule has 1 fully saturated rings. The van der Waals surface area contributed by atoms with Gasteiger partial charge in [0.25, 0.3) is 11.6 Å². The molecule has 0 aliphatic carbocycles. The number of hydrogen-bond acceptors (Lipinski definition) is 6. The molecule has 2 heterocycles. The van der Waals surface area contributed by atoms with Crippen LogP contribution in [0.25, 0.3) is 0 Å². The van der Waals surface area contributed by atoms with Crippen molar-refractivity contribution in [2.75, 3.05) is 37.7 Å². The Bertz CT molecular complexity index is 972. The molecule has 2 aliphatic heterocycles. The van der Waals surface area contributed by atoms with Crippen molar-refractivity contribution in [3.05, 3.63) is 57.6 Å². The molecule has 0 spiro atoms. The van der Waals surface area contributed by atoms with Crippen LogP contribution in [-0.4, -0.2) is 48.6 Å². The van der Waals surface area contributed by atoms with Crippen molar-refractivity contribution in [1.82, 2.24) is 4.90 Å². The number of fused-ring (bicyclic) bond motifs is 1. The van der Waals surface area contributed by atoms with E-state index in [2.05, 4.69) is 0 Å². The minimum Gasteiger partial charge on any atom is -0.486 e. The third-order valence-corrected chi connectivity index (χ3v) is 5.76. The van der Waals surface area contributed by atoms with Crippen LogP contribution in [0.15, 0.2) is 36.4 Å². The predicted molar refractivity (Wildman–Crippen MR) is 117 cm³/mol. The van der Waals surface area contributed by atoms with Crippen molar-refractivity contribution in [2.24, 2.45) is 0 Å². The van der Waals surface area contributed by atoms with Gasteiger partial charge in [0.05, 0.1) is 4.92 Å². The van der Waals surface area contributed by atoms with Gasteiger partial charge in [-0.15, -0.1) is 0 Å². The van der Waals surface area contributed by atoms with Gasteiger partial charge in [-0.2, -0.15) is 0 Å². The van der Waals surface area contributed by atoms with Crippen LogP contribution in [0.3, 0.4) is 0 Å². The molecule has 2 aliphatic rings. The second-order valence-electron chi connectivity index (χ2n) is 7.81. The van der Waals surface area contributed by atoms with Gasteiger partial charge in [-0.05, 0) is 56.0 Å². The summed E-state index contributed by atoms with van der Waals surface area (Å²) in [6, 6.07) is 10.5. The van der Waals surface area contributed by atoms with E-state index in [0.29, 0.717) is 49.1 Å². The fourth-order valence-electron chi connectivity index (χ4n) is 4.12. The van der Waals surface area contributed by atoms with Crippen LogP contribution in [0, 0.1) is 10.1 Å². The Morgan fingerprint density at radius 1 is 1.06 bits per heavy atom. The van der Waals surface area contributed by atoms with Gasteiger partial charge in [-0.1, -0.05) is 6.07 Å². The standard InChI is InChI=1S/C23H27N3O5/c1-2-24(16-17-6-9-21-22(14-17)31-13-12-30-21)23(27)18-7-8-19(20(15-18)26(28)29)25-10-4-3-5-11-25/h6-9,14-15H,2-5,10-13,16H2,1H3. The van der Waals surface area contributed by atoms with Crippen molar-refractivity contribution in [3.63, 3.8) is 0 Å². The van der Waals surface area contributed by atoms with E-state index >= 15 is 0 Å². The van der Waals surface area contributed by atoms with Gasteiger partial charge in [0, 0.05) is 37.8 Å². The number of piperidine rings is 1. The molecule has 164 valence electrons. The highest BCUT2D eigenvalue weighted by molar-refractivity contribution is 5.95. The molecule has 2 aromatic rings. The zero-order chi connectivity index (χ0) is 21.8. The average Bonchev–Trinajstić information content (AvgIpc) is 2.82. The summed E-state index contributed by atoms with van der Waals surface area (Å²) in [6.45, 7) is 5.39. The molecule has 0 bridgehead atoms. The average molecular weight is 425 g/mol. The number of nitro benzene ring substituents is 1. The summed E-state index contributed by atoms with van der Waals surface area (Å²) in [7, 11) is 0. The predicted octanol–water partition coefficient (Wildman–Crippen LogP) is 4.02. The third-order valence-electron chi connectivity index (χ3n) is 5.76. The minimum atomic E-state index is -0.391. The van der Waals surface area contributed by atoms with E-state index in [-0.39, 0.29) is 11.6 Å². The number of carbonyl (C=O) groups excluding carboxylic acids is 1. The largest absolute Gasteiger partial charge is 0.486 e. The first-order valence-corrected chi connectivity index (χ1v) is 10.8. The Morgan fingerprint density at radius 3 is 2.52 bits per heavy atom. The first kappa shape index (κ1) is 21.0. The lowest BCUT2D eigenvalue weighted by atomic mass is 10.1. The maximum Gasteiger partial charge on any atom is 0.293 e. The van der Waals surface area contributed by atoms with E-state index in [1.54, 1.807) is 17.0 Å². The normalized spacial score (nSPS) is 15.5. The summed E-state index contributed by atoms with van der Waals surface area (Å²) < 4.78 is 11.2. The van der Waals surface area contributed by atoms with Crippen LogP contribution in [0.4, 0.5) is 11.4 Å². The van der Waals surface area contributed by atoms with Crippen LogP contribution in [0.2, 0.25) is 0 Å². The van der Waals surface area contributed by atoms with E-state index in [4.69, 9.17) is 9.47 Å². The maximum atomic E-state index is 13.2. The molecule has 2 aromatic carbocycles. The zero-order valence-corrected chi connectivity index (χ0v) is 17.7. The lowest BCUT2D eigenvalue weighted by Gasteiger charge is -2.28. The SMILES string of the molecule is CCN(Cc1ccc2c(c1)OCCO2)C(=O)c1ccc(N2CCCCC2)c([N+](=O)[O-])c1. The molecule has 0 saturated carbocycles. The first-order valence-electron chi connectivity index (χ1n) is 10.8. The van der Waals surface area contributed by atoms with E-state index in [1.165, 1.54) is 6.07 Å². The van der Waals surface area contributed by atoms with Crippen molar-refractivity contribution < 1.29 is 19.2 Å². The fourth-order valence-corrected chi connectivity index (χ4v) is 4.12. The second kappa shape index (κ2) is 9.24. The molecule has 0 aromatic heterocycles. The number of rotatable bonds is 6. The molecule has 4 rings (SSSR count). The van der Waals surface area contributed by atoms with Gasteiger partial charge in [-0.3, -0.25) is 14.9 Å². The summed E-state index contributed by atoms with van der Waals surface area (Å²) in [6.07, 6.45) is 3.19. The number of benzene rings is 2. The first-order chi connectivity index (χ1) is 15.1. The highest BCUT2D eigenvalue weighted by Gasteiger charge is 2.25. The van der Waals surface area contributed by atoms with Crippen LogP contribution in [0.5, 0.6) is 11.5 Å². The quantitative estimate of drug-likeness (QED) is 0.513. The summed E-state index contributed by atoms with van der Waals surface area (Å²) in [5.74, 6) is 1.15. The Labute approximate surface area is 181 Å². The van der Waals surface area contributed by atoms with Gasteiger partial charge in [0.15, 0.2) is 11.5 Å². The lowest BCUT2D eigenvalue weighted by Crippen LogP contribution is -2.31. The van der Waals surface area contributed by atoms with Crippen LogP contribution >= 0.6 is 0 Å². The molecule has 0 atom stereocenters. The van der Waals surface area contributed by atoms with Crippen molar-refractivity contribution >= 4 is 17.3 Å². The number of amides is 1. The van der Waals surface area contributed by atoms with Crippen LogP contribution in [-0.2, 0) is 6.54 Å². The monoisotopic (exact) mass is 425 g/mol. The fraction of sp³-hybridized carbons (Fsp3) is 0.435. The molecule has 31 heavy (non-hydrogen) atoms. The number of nitrogens with zero attached hydrogens (tertiary/aromatic N) is 3. The van der Waals surface area contributed by atoms with E-state index in [9.17, 15) is 14.9 Å². The summed E-state index contributed by atoms with van der Waals surface area (Å²) in [5.41, 5.74) is 1.82. The number of ether oxygens (including phenoxy) is 2. The molecule has 0 N–H and O–H groups in total. The Hall–Kier alpha value is -3.29. The minimum absolute atomic E-state index is 0.0110. The topological polar surface area (TPSA) is 85.2 Å². The number of hydrogen-bond donors (Lipinski definition) is 0. The molecule has 1 amide bonds. The van der Waals surface area contributed by atoms with Crippen LogP contribution in [0.1, 0.15) is 42.1 Å². The van der Waals surface area contributed by atoms with E-state index in [0.717, 1.165) is 37.9 Å². The van der Waals surface area contributed by atoms with E-state index in [1.807, 2.05) is 30.0 Å². The lowest BCUT2D eigenvalue weighted by molar-refractivity contribution is -0.384. The number of nitro groups is 1. The van der Waals surface area contributed by atoms with Crippen molar-refractivity contribution in [1.29, 1.82) is 0 Å². The summed E-state index contributed by atoms with van der Waals surface area (Å²) >= 11 is 0. The molecule has 0 radical (unpaired) electrons. The molecule has 8 nitrogen and oxygen atoms in total. The van der Waals surface area contributed by atoms with Gasteiger partial charge < -0.3 is 19.3 Å². The highest BCUT2D eigenvalue weighted by Crippen LogP contribution is 2.33. The Kier molecular flexibility index (Phi) is 6.25. The zero-order valence-electron chi connectivity index (χ0n) is 17.7. The summed E-state index contributed by atoms with van der Waals surface area (Å²) in [4.78, 5) is 28.2. The van der Waals surface area contributed by atoms with Gasteiger partial charge in [0.2, 0.25) is 0 Å². The van der Waals surface area contributed by atoms with Gasteiger partial charge in [-0.25, -0.2) is 0 Å².